The van der Waals surface area contributed by atoms with Gasteiger partial charge >= 0.3 is 5.97 Å². The summed E-state index contributed by atoms with van der Waals surface area (Å²) in [4.78, 5) is 53.2. The molecule has 0 radical (unpaired) electrons. The van der Waals surface area contributed by atoms with Crippen LogP contribution in [-0.2, 0) is 19.2 Å². The third-order valence-electron chi connectivity index (χ3n) is 8.19. The van der Waals surface area contributed by atoms with E-state index >= 15 is 0 Å². The molecule has 0 aromatic heterocycles. The van der Waals surface area contributed by atoms with Crippen LogP contribution < -0.4 is 11.1 Å². The van der Waals surface area contributed by atoms with E-state index < -0.39 is 35.7 Å². The van der Waals surface area contributed by atoms with Crippen molar-refractivity contribution >= 4 is 39.6 Å². The molecule has 8 nitrogen and oxygen atoms in total. The average molecular weight is 649 g/mol. The molecule has 0 aliphatic heterocycles. The molecular weight excluding hydrogens is 610 g/mol. The van der Waals surface area contributed by atoms with Crippen molar-refractivity contribution in [3.63, 3.8) is 0 Å². The zero-order valence-electron chi connectivity index (χ0n) is 24.0. The molecule has 1 saturated carbocycles. The maximum absolute atomic E-state index is 14.3. The molecule has 0 saturated heterocycles. The molecule has 3 aromatic rings. The molecule has 0 spiro atoms. The number of hydrogen-bond donors (Lipinski definition) is 3. The number of aliphatic carboxylic acids is 1. The van der Waals surface area contributed by atoms with Gasteiger partial charge in [0, 0.05) is 29.9 Å². The van der Waals surface area contributed by atoms with Gasteiger partial charge in [0.25, 0.3) is 0 Å². The molecule has 3 aromatic carbocycles. The number of nitrogens with zero attached hydrogens (tertiary/aromatic N) is 1. The lowest BCUT2D eigenvalue weighted by atomic mass is 9.78. The monoisotopic (exact) mass is 647 g/mol. The Balaban J connectivity index is 1.63. The number of carbonyl (C=O) groups is 4. The summed E-state index contributed by atoms with van der Waals surface area (Å²) in [7, 11) is 0. The number of primary amides is 1. The van der Waals surface area contributed by atoms with Gasteiger partial charge in [-0.15, -0.1) is 0 Å². The Kier molecular flexibility index (Phi) is 11.5. The molecule has 226 valence electrons. The van der Waals surface area contributed by atoms with Crippen LogP contribution in [0.2, 0.25) is 0 Å². The normalized spacial score (nSPS) is 17.2. The van der Waals surface area contributed by atoms with Gasteiger partial charge in [-0.3, -0.25) is 19.2 Å². The number of hydrogen-bond acceptors (Lipinski definition) is 4. The van der Waals surface area contributed by atoms with Crippen LogP contribution in [0.1, 0.15) is 67.2 Å². The molecule has 1 fully saturated rings. The van der Waals surface area contributed by atoms with E-state index in [1.807, 2.05) is 36.4 Å². The van der Waals surface area contributed by atoms with E-state index in [2.05, 4.69) is 45.5 Å². The van der Waals surface area contributed by atoms with Gasteiger partial charge in [0.05, 0.1) is 11.8 Å². The van der Waals surface area contributed by atoms with Gasteiger partial charge in [-0.1, -0.05) is 102 Å². The fourth-order valence-electron chi connectivity index (χ4n) is 5.87. The lowest BCUT2D eigenvalue weighted by Crippen LogP contribution is -2.47. The van der Waals surface area contributed by atoms with Crippen molar-refractivity contribution in [2.45, 2.75) is 50.5 Å². The molecule has 1 aliphatic carbocycles. The number of carboxylic acids is 1. The van der Waals surface area contributed by atoms with Crippen LogP contribution in [0.3, 0.4) is 0 Å². The quantitative estimate of drug-likeness (QED) is 0.228. The van der Waals surface area contributed by atoms with Gasteiger partial charge in [0.2, 0.25) is 17.7 Å². The van der Waals surface area contributed by atoms with Crippen molar-refractivity contribution in [2.75, 3.05) is 13.1 Å². The van der Waals surface area contributed by atoms with Crippen LogP contribution in [0, 0.1) is 11.8 Å². The summed E-state index contributed by atoms with van der Waals surface area (Å²) in [5, 5.41) is 12.7. The van der Waals surface area contributed by atoms with Gasteiger partial charge in [-0.05, 0) is 48.1 Å². The van der Waals surface area contributed by atoms with E-state index in [1.165, 1.54) is 0 Å². The van der Waals surface area contributed by atoms with Crippen LogP contribution in [0.15, 0.2) is 89.4 Å². The zero-order chi connectivity index (χ0) is 30.8. The Morgan fingerprint density at radius 3 is 1.91 bits per heavy atom. The largest absolute Gasteiger partial charge is 0.481 e. The van der Waals surface area contributed by atoms with Gasteiger partial charge in [-0.2, -0.15) is 0 Å². The first-order valence-electron chi connectivity index (χ1n) is 14.7. The minimum Gasteiger partial charge on any atom is -0.481 e. The molecule has 4 rings (SSSR count). The zero-order valence-corrected chi connectivity index (χ0v) is 25.6. The maximum atomic E-state index is 14.3. The summed E-state index contributed by atoms with van der Waals surface area (Å²) < 4.78 is 0.811. The molecule has 3 unspecified atom stereocenters. The second kappa shape index (κ2) is 15.5. The summed E-state index contributed by atoms with van der Waals surface area (Å²) in [6, 6.07) is 26.1. The van der Waals surface area contributed by atoms with Crippen molar-refractivity contribution in [1.82, 2.24) is 10.2 Å². The predicted molar refractivity (Wildman–Crippen MR) is 168 cm³/mol. The molecule has 0 bridgehead atoms. The van der Waals surface area contributed by atoms with Crippen LogP contribution in [0.25, 0.3) is 0 Å². The molecule has 3 amide bonds. The lowest BCUT2D eigenvalue weighted by Gasteiger charge is -2.32. The smallest absolute Gasteiger partial charge is 0.307 e. The second-order valence-electron chi connectivity index (χ2n) is 11.0. The first-order valence-corrected chi connectivity index (χ1v) is 15.5. The van der Waals surface area contributed by atoms with E-state index in [0.717, 1.165) is 28.4 Å². The maximum Gasteiger partial charge on any atom is 0.307 e. The van der Waals surface area contributed by atoms with Crippen molar-refractivity contribution < 1.29 is 24.3 Å². The summed E-state index contributed by atoms with van der Waals surface area (Å²) in [5.74, 6) is -3.88. The highest BCUT2D eigenvalue weighted by Gasteiger charge is 2.38. The van der Waals surface area contributed by atoms with E-state index in [4.69, 9.17) is 5.73 Å². The third kappa shape index (κ3) is 8.76. The van der Waals surface area contributed by atoms with E-state index in [-0.39, 0.29) is 24.8 Å². The fraction of sp³-hybridized carbons (Fsp3) is 0.353. The van der Waals surface area contributed by atoms with Gasteiger partial charge in [-0.25, -0.2) is 0 Å². The van der Waals surface area contributed by atoms with Crippen molar-refractivity contribution in [3.05, 3.63) is 106 Å². The van der Waals surface area contributed by atoms with Crippen molar-refractivity contribution in [1.29, 1.82) is 0 Å². The number of amides is 3. The average Bonchev–Trinajstić information content (AvgIpc) is 3.02. The number of carbonyl (C=O) groups excluding carboxylic acids is 3. The number of nitrogens with one attached hydrogen (secondary N) is 1. The lowest BCUT2D eigenvalue weighted by molar-refractivity contribution is -0.149. The van der Waals surface area contributed by atoms with Crippen LogP contribution >= 0.6 is 15.9 Å². The van der Waals surface area contributed by atoms with E-state index in [1.54, 1.807) is 29.2 Å². The minimum absolute atomic E-state index is 0.00874. The Hall–Kier alpha value is -3.98. The topological polar surface area (TPSA) is 130 Å². The predicted octanol–water partition coefficient (Wildman–Crippen LogP) is 5.42. The summed E-state index contributed by atoms with van der Waals surface area (Å²) in [6.45, 7) is 0.402. The van der Waals surface area contributed by atoms with Crippen LogP contribution in [-0.4, -0.2) is 46.8 Å². The Morgan fingerprint density at radius 2 is 1.37 bits per heavy atom. The molecule has 0 heterocycles. The summed E-state index contributed by atoms with van der Waals surface area (Å²) in [5.41, 5.74) is 8.27. The number of carboxylic acid groups (broad SMARTS) is 1. The first-order chi connectivity index (χ1) is 20.7. The highest BCUT2D eigenvalue weighted by atomic mass is 79.9. The molecular formula is C34H38BrN3O5. The number of benzene rings is 3. The van der Waals surface area contributed by atoms with Crippen LogP contribution in [0.5, 0.6) is 0 Å². The molecule has 3 atom stereocenters. The summed E-state index contributed by atoms with van der Waals surface area (Å²) >= 11 is 3.42. The third-order valence-corrected chi connectivity index (χ3v) is 8.72. The molecule has 4 N–H and O–H groups in total. The van der Waals surface area contributed by atoms with Crippen LogP contribution in [0.4, 0.5) is 0 Å². The van der Waals surface area contributed by atoms with Crippen molar-refractivity contribution in [2.24, 2.45) is 17.6 Å². The van der Waals surface area contributed by atoms with Gasteiger partial charge in [0.15, 0.2) is 0 Å². The number of halogens is 1. The standard InChI is InChI=1S/C34H38BrN3O5/c35-26-17-15-25(16-18-26)31(37-32(40)28-13-7-8-14-29(28)34(42)43)33(41)38(22-20-30(36)39)21-19-27(23-9-3-1-4-10-23)24-11-5-2-6-12-24/h1-6,9-12,15-18,27-29,31H,7-8,13-14,19-22H2,(H2,36,39)(H,37,40)(H,42,43). The Morgan fingerprint density at radius 1 is 0.814 bits per heavy atom. The van der Waals surface area contributed by atoms with E-state index in [0.29, 0.717) is 31.4 Å². The molecule has 9 heteroatoms. The Labute approximate surface area is 260 Å². The Bertz CT molecular complexity index is 1340. The van der Waals surface area contributed by atoms with Gasteiger partial charge in [0.1, 0.15) is 6.04 Å². The van der Waals surface area contributed by atoms with Gasteiger partial charge < -0.3 is 21.1 Å². The summed E-state index contributed by atoms with van der Waals surface area (Å²) in [6.07, 6.45) is 2.92. The van der Waals surface area contributed by atoms with E-state index in [9.17, 15) is 24.3 Å². The highest BCUT2D eigenvalue weighted by molar-refractivity contribution is 9.10. The SMILES string of the molecule is NC(=O)CCN(CCC(c1ccccc1)c1ccccc1)C(=O)C(NC(=O)C1CCCCC1C(=O)O)c1ccc(Br)cc1. The fourth-order valence-corrected chi connectivity index (χ4v) is 6.14. The minimum atomic E-state index is -1.06. The molecule has 43 heavy (non-hydrogen) atoms. The number of rotatable bonds is 13. The highest BCUT2D eigenvalue weighted by Crippen LogP contribution is 2.32. The number of nitrogens with two attached hydrogens (primary N) is 1. The molecule has 1 aliphatic rings. The second-order valence-corrected chi connectivity index (χ2v) is 11.9. The van der Waals surface area contributed by atoms with Crippen molar-refractivity contribution in [3.8, 4) is 0 Å². The first kappa shape index (κ1) is 31.9.